The number of nitrogens with zero attached hydrogens (tertiary/aromatic N) is 2. The van der Waals surface area contributed by atoms with Crippen LogP contribution in [0.5, 0.6) is 11.5 Å². The minimum atomic E-state index is -2.97. The van der Waals surface area contributed by atoms with E-state index in [4.69, 9.17) is 21.1 Å². The lowest BCUT2D eigenvalue weighted by Crippen LogP contribution is -2.38. The number of hydrogen-bond donors (Lipinski definition) is 2. The van der Waals surface area contributed by atoms with Gasteiger partial charge in [0.15, 0.2) is 11.5 Å². The fourth-order valence-corrected chi connectivity index (χ4v) is 4.81. The average molecular weight is 523 g/mol. The largest absolute Gasteiger partial charge is 0.493 e. The maximum absolute atomic E-state index is 13.5. The van der Waals surface area contributed by atoms with Gasteiger partial charge < -0.3 is 20.1 Å². The number of anilines is 2. The summed E-state index contributed by atoms with van der Waals surface area (Å²) < 4.78 is 48.1. The van der Waals surface area contributed by atoms with Crippen LogP contribution in [0.3, 0.4) is 0 Å². The first kappa shape index (κ1) is 25.4. The molecule has 1 fully saturated rings. The summed E-state index contributed by atoms with van der Waals surface area (Å²) >= 11 is 5.91. The van der Waals surface area contributed by atoms with Gasteiger partial charge in [0, 0.05) is 36.0 Å². The van der Waals surface area contributed by atoms with Gasteiger partial charge in [-0.05, 0) is 49.9 Å². The molecule has 0 spiro atoms. The molecule has 0 radical (unpaired) electrons. The lowest BCUT2D eigenvalue weighted by Gasteiger charge is -2.30. The zero-order chi connectivity index (χ0) is 25.0. The van der Waals surface area contributed by atoms with Crippen LogP contribution in [-0.4, -0.2) is 56.2 Å². The van der Waals surface area contributed by atoms with Crippen LogP contribution in [0.4, 0.5) is 15.9 Å². The molecule has 8 nitrogen and oxygen atoms in total. The second-order valence-corrected chi connectivity index (χ2v) is 11.3. The maximum atomic E-state index is 13.5. The molecule has 3 aromatic rings. The molecule has 0 unspecified atom stereocenters. The zero-order valence-electron chi connectivity index (χ0n) is 19.6. The van der Waals surface area contributed by atoms with Crippen molar-refractivity contribution < 1.29 is 22.3 Å². The summed E-state index contributed by atoms with van der Waals surface area (Å²) in [5.41, 5.74) is 1.26. The number of hydrogen-bond acceptors (Lipinski definition) is 8. The average Bonchev–Trinajstić information content (AvgIpc) is 2.82. The molecule has 11 heteroatoms. The highest BCUT2D eigenvalue weighted by atomic mass is 35.5. The number of methoxy groups -OCH3 is 1. The van der Waals surface area contributed by atoms with E-state index in [1.165, 1.54) is 24.7 Å². The minimum absolute atomic E-state index is 0.00579. The smallest absolute Gasteiger partial charge is 0.162 e. The third kappa shape index (κ3) is 6.71. The molecule has 1 saturated carbocycles. The Hall–Kier alpha value is -2.69. The van der Waals surface area contributed by atoms with Crippen molar-refractivity contribution >= 4 is 43.8 Å². The second-order valence-electron chi connectivity index (χ2n) is 8.67. The van der Waals surface area contributed by atoms with E-state index >= 15 is 0 Å². The molecule has 0 aliphatic heterocycles. The van der Waals surface area contributed by atoms with E-state index in [1.807, 2.05) is 6.07 Å². The van der Waals surface area contributed by atoms with Gasteiger partial charge in [-0.3, -0.25) is 0 Å². The van der Waals surface area contributed by atoms with Crippen molar-refractivity contribution in [3.8, 4) is 11.5 Å². The Morgan fingerprint density at radius 3 is 2.57 bits per heavy atom. The molecule has 188 valence electrons. The lowest BCUT2D eigenvalue weighted by atomic mass is 9.93. The normalized spacial score (nSPS) is 18.4. The first-order valence-corrected chi connectivity index (χ1v) is 13.8. The van der Waals surface area contributed by atoms with E-state index in [0.717, 1.165) is 31.1 Å². The van der Waals surface area contributed by atoms with Crippen LogP contribution >= 0.6 is 11.6 Å². The summed E-state index contributed by atoms with van der Waals surface area (Å²) in [6.07, 6.45) is 6.15. The quantitative estimate of drug-likeness (QED) is 0.423. The maximum Gasteiger partial charge on any atom is 0.162 e. The topological polar surface area (TPSA) is 102 Å². The highest BCUT2D eigenvalue weighted by Gasteiger charge is 2.24. The van der Waals surface area contributed by atoms with E-state index in [-0.39, 0.29) is 22.9 Å². The molecule has 0 saturated heterocycles. The first-order chi connectivity index (χ1) is 16.7. The van der Waals surface area contributed by atoms with Crippen LogP contribution in [0, 0.1) is 5.82 Å². The Labute approximate surface area is 209 Å². The zero-order valence-corrected chi connectivity index (χ0v) is 21.1. The van der Waals surface area contributed by atoms with Gasteiger partial charge in [0.1, 0.15) is 27.8 Å². The third-order valence-electron chi connectivity index (χ3n) is 5.98. The molecule has 1 aliphatic carbocycles. The summed E-state index contributed by atoms with van der Waals surface area (Å²) in [6, 6.07) is 8.29. The van der Waals surface area contributed by atoms with Crippen LogP contribution in [0.1, 0.15) is 25.7 Å². The van der Waals surface area contributed by atoms with Gasteiger partial charge in [-0.1, -0.05) is 11.6 Å². The monoisotopic (exact) mass is 522 g/mol. The number of sulfone groups is 1. The molecule has 2 aromatic carbocycles. The first-order valence-electron chi connectivity index (χ1n) is 11.3. The van der Waals surface area contributed by atoms with Crippen molar-refractivity contribution in [3.63, 3.8) is 0 Å². The minimum Gasteiger partial charge on any atom is -0.493 e. The number of rotatable bonds is 9. The Kier molecular flexibility index (Phi) is 7.93. The van der Waals surface area contributed by atoms with E-state index in [1.54, 1.807) is 19.2 Å². The van der Waals surface area contributed by atoms with Crippen molar-refractivity contribution in [1.82, 2.24) is 15.3 Å². The molecule has 2 N–H and O–H groups in total. The Balaban J connectivity index is 1.48. The fourth-order valence-electron chi connectivity index (χ4n) is 4.14. The molecule has 1 aliphatic rings. The molecule has 1 aromatic heterocycles. The summed E-state index contributed by atoms with van der Waals surface area (Å²) in [4.78, 5) is 8.69. The van der Waals surface area contributed by atoms with E-state index < -0.39 is 15.7 Å². The number of halogens is 2. The van der Waals surface area contributed by atoms with Gasteiger partial charge in [0.2, 0.25) is 0 Å². The van der Waals surface area contributed by atoms with Crippen molar-refractivity contribution in [2.24, 2.45) is 0 Å². The number of fused-ring (bicyclic) bond motifs is 1. The van der Waals surface area contributed by atoms with Gasteiger partial charge >= 0.3 is 0 Å². The SMILES string of the molecule is COc1cc2ncnc(Nc3ccc(F)c(Cl)c3)c2cc1OC1CCC(NCCS(C)(=O)=O)CC1. The second kappa shape index (κ2) is 10.9. The molecular weight excluding hydrogens is 495 g/mol. The van der Waals surface area contributed by atoms with Crippen molar-refractivity contribution in [2.75, 3.05) is 31.0 Å². The summed E-state index contributed by atoms with van der Waals surface area (Å²) in [6.45, 7) is 0.461. The molecular formula is C24H28ClFN4O4S. The number of nitrogens with one attached hydrogen (secondary N) is 2. The van der Waals surface area contributed by atoms with Gasteiger partial charge in [-0.2, -0.15) is 0 Å². The van der Waals surface area contributed by atoms with E-state index in [0.29, 0.717) is 35.1 Å². The Morgan fingerprint density at radius 2 is 1.89 bits per heavy atom. The van der Waals surface area contributed by atoms with Crippen molar-refractivity contribution in [2.45, 2.75) is 37.8 Å². The predicted octanol–water partition coefficient (Wildman–Crippen LogP) is 4.50. The Bertz CT molecular complexity index is 1300. The van der Waals surface area contributed by atoms with Crippen LogP contribution in [-0.2, 0) is 9.84 Å². The van der Waals surface area contributed by atoms with Gasteiger partial charge in [0.25, 0.3) is 0 Å². The summed E-state index contributed by atoms with van der Waals surface area (Å²) in [7, 11) is -1.39. The standard InChI is InChI=1S/C24H28ClFN4O4S/c1-33-22-13-21-18(24(29-14-28-21)30-16-5-8-20(26)19(25)11-16)12-23(22)34-17-6-3-15(4-7-17)27-9-10-35(2,31)32/h5,8,11-15,17,27H,3-4,6-7,9-10H2,1-2H3,(H,28,29,30). The molecule has 0 bridgehead atoms. The molecule has 4 rings (SSSR count). The molecule has 35 heavy (non-hydrogen) atoms. The number of benzene rings is 2. The molecule has 0 atom stereocenters. The van der Waals surface area contributed by atoms with Crippen LogP contribution in [0.25, 0.3) is 10.9 Å². The number of aromatic nitrogens is 2. The van der Waals surface area contributed by atoms with Crippen molar-refractivity contribution in [1.29, 1.82) is 0 Å². The van der Waals surface area contributed by atoms with Crippen molar-refractivity contribution in [3.05, 3.63) is 47.5 Å². The summed E-state index contributed by atoms with van der Waals surface area (Å²) in [5, 5.41) is 7.24. The Morgan fingerprint density at radius 1 is 1.11 bits per heavy atom. The summed E-state index contributed by atoms with van der Waals surface area (Å²) in [5.74, 6) is 1.33. The lowest BCUT2D eigenvalue weighted by molar-refractivity contribution is 0.136. The third-order valence-corrected chi connectivity index (χ3v) is 7.21. The fraction of sp³-hybridized carbons (Fsp3) is 0.417. The number of ether oxygens (including phenoxy) is 2. The predicted molar refractivity (Wildman–Crippen MR) is 135 cm³/mol. The van der Waals surface area contributed by atoms with Gasteiger partial charge in [-0.25, -0.2) is 22.8 Å². The molecule has 1 heterocycles. The van der Waals surface area contributed by atoms with Crippen LogP contribution < -0.4 is 20.1 Å². The van der Waals surface area contributed by atoms with Gasteiger partial charge in [-0.15, -0.1) is 0 Å². The van der Waals surface area contributed by atoms with Gasteiger partial charge in [0.05, 0.1) is 29.5 Å². The van der Waals surface area contributed by atoms with E-state index in [2.05, 4.69) is 20.6 Å². The van der Waals surface area contributed by atoms with Crippen LogP contribution in [0.15, 0.2) is 36.7 Å². The highest BCUT2D eigenvalue weighted by Crippen LogP contribution is 2.37. The highest BCUT2D eigenvalue weighted by molar-refractivity contribution is 7.90. The molecule has 0 amide bonds. The van der Waals surface area contributed by atoms with E-state index in [9.17, 15) is 12.8 Å². The van der Waals surface area contributed by atoms with Crippen LogP contribution in [0.2, 0.25) is 5.02 Å².